The van der Waals surface area contributed by atoms with Crippen molar-refractivity contribution in [2.75, 3.05) is 12.5 Å². The first-order valence-corrected chi connectivity index (χ1v) is 9.56. The molecule has 0 N–H and O–H groups in total. The first-order valence-electron chi connectivity index (χ1n) is 7.59. The van der Waals surface area contributed by atoms with E-state index in [1.165, 1.54) is 0 Å². The van der Waals surface area contributed by atoms with Gasteiger partial charge in [0.15, 0.2) is 5.65 Å². The van der Waals surface area contributed by atoms with Gasteiger partial charge in [0.25, 0.3) is 0 Å². The SMILES string of the molecule is C(=Nc1ccccc1)c1cc2ccccc2n2nnnc12.CS(C)=O.[Cl-].[Cl-].[Pt+2]. The normalized spacial score (nSPS) is 9.96. The van der Waals surface area contributed by atoms with E-state index in [0.29, 0.717) is 5.65 Å². The number of hydrogen-bond donors (Lipinski definition) is 0. The molecule has 0 amide bonds. The number of rotatable bonds is 2. The zero-order chi connectivity index (χ0) is 17.6. The molecule has 2 heterocycles. The molecule has 0 bridgehead atoms. The standard InChI is InChI=1S/C16H11N5.C2H6OS.2ClH.Pt/c1-2-7-14(8-3-1)17-11-13-10-12-6-4-5-9-15(12)21-16(13)18-19-20-21;1-4(2)3;;;/h1-11H;1-2H3;2*1H;/q;;;;+2/p-2. The fraction of sp³-hybridized carbons (Fsp3) is 0.111. The van der Waals surface area contributed by atoms with Crippen LogP contribution in [-0.2, 0) is 31.9 Å². The molecule has 0 saturated carbocycles. The number of pyridine rings is 1. The molecule has 0 aliphatic heterocycles. The number of fused-ring (bicyclic) bond motifs is 3. The minimum absolute atomic E-state index is 0. The van der Waals surface area contributed by atoms with E-state index >= 15 is 0 Å². The number of aromatic nitrogens is 4. The molecule has 4 rings (SSSR count). The van der Waals surface area contributed by atoms with Gasteiger partial charge in [0.05, 0.1) is 11.2 Å². The zero-order valence-corrected chi connectivity index (χ0v) is 19.6. The van der Waals surface area contributed by atoms with E-state index < -0.39 is 10.8 Å². The topological polar surface area (TPSA) is 72.5 Å². The second kappa shape index (κ2) is 12.7. The van der Waals surface area contributed by atoms with Gasteiger partial charge in [-0.1, -0.05) is 36.4 Å². The van der Waals surface area contributed by atoms with Crippen molar-refractivity contribution in [2.24, 2.45) is 4.99 Å². The predicted octanol–water partition coefficient (Wildman–Crippen LogP) is -2.97. The molecule has 2 aromatic carbocycles. The zero-order valence-electron chi connectivity index (χ0n) is 15.0. The van der Waals surface area contributed by atoms with Crippen LogP contribution in [-0.4, -0.2) is 43.0 Å². The van der Waals surface area contributed by atoms with Gasteiger partial charge in [-0.2, -0.15) is 4.52 Å². The molecule has 0 spiro atoms. The maximum absolute atomic E-state index is 9.56. The van der Waals surface area contributed by atoms with Gasteiger partial charge in [0.2, 0.25) is 0 Å². The van der Waals surface area contributed by atoms with E-state index in [2.05, 4.69) is 20.5 Å². The van der Waals surface area contributed by atoms with Crippen molar-refractivity contribution in [3.05, 3.63) is 66.2 Å². The van der Waals surface area contributed by atoms with Gasteiger partial charge in [0, 0.05) is 40.5 Å². The Labute approximate surface area is 192 Å². The van der Waals surface area contributed by atoms with Crippen molar-refractivity contribution in [1.82, 2.24) is 20.0 Å². The number of nitrogens with zero attached hydrogens (tertiary/aromatic N) is 5. The molecule has 2 aromatic heterocycles. The van der Waals surface area contributed by atoms with E-state index in [0.717, 1.165) is 22.2 Å². The molecular weight excluding hydrogens is 600 g/mol. The molecule has 0 unspecified atom stereocenters. The third-order valence-corrected chi connectivity index (χ3v) is 3.31. The van der Waals surface area contributed by atoms with Crippen LogP contribution < -0.4 is 24.8 Å². The fourth-order valence-corrected chi connectivity index (χ4v) is 2.32. The summed E-state index contributed by atoms with van der Waals surface area (Å²) in [5.41, 5.74) is 3.47. The molecule has 10 heteroatoms. The Bertz CT molecular complexity index is 1060. The third kappa shape index (κ3) is 6.74. The molecular formula is C18H17Cl2N5OPtS. The van der Waals surface area contributed by atoms with Crippen LogP contribution in [0.1, 0.15) is 5.56 Å². The maximum Gasteiger partial charge on any atom is 2.00 e. The smallest absolute Gasteiger partial charge is 1.00 e. The number of benzene rings is 2. The Morgan fingerprint density at radius 1 is 1.00 bits per heavy atom. The minimum atomic E-state index is -0.611. The van der Waals surface area contributed by atoms with E-state index in [4.69, 9.17) is 0 Å². The van der Waals surface area contributed by atoms with Gasteiger partial charge >= 0.3 is 21.1 Å². The van der Waals surface area contributed by atoms with Crippen molar-refractivity contribution in [1.29, 1.82) is 0 Å². The molecule has 0 saturated heterocycles. The second-order valence-electron chi connectivity index (χ2n) is 5.41. The van der Waals surface area contributed by atoms with E-state index in [1.54, 1.807) is 23.2 Å². The first kappa shape index (κ1) is 26.3. The van der Waals surface area contributed by atoms with Gasteiger partial charge in [-0.15, -0.1) is 5.10 Å². The fourth-order valence-electron chi connectivity index (χ4n) is 2.32. The van der Waals surface area contributed by atoms with Crippen LogP contribution in [0.3, 0.4) is 0 Å². The predicted molar refractivity (Wildman–Crippen MR) is 102 cm³/mol. The largest absolute Gasteiger partial charge is 2.00 e. The van der Waals surface area contributed by atoms with Gasteiger partial charge in [-0.3, -0.25) is 9.20 Å². The summed E-state index contributed by atoms with van der Waals surface area (Å²) in [6.07, 6.45) is 5.08. The van der Waals surface area contributed by atoms with Crippen molar-refractivity contribution in [3.8, 4) is 0 Å². The molecule has 0 aliphatic carbocycles. The van der Waals surface area contributed by atoms with Crippen LogP contribution in [0.25, 0.3) is 16.6 Å². The molecule has 150 valence electrons. The Kier molecular flexibility index (Phi) is 12.0. The Balaban J connectivity index is 0.000000959. The molecule has 0 atom stereocenters. The summed E-state index contributed by atoms with van der Waals surface area (Å²) in [4.78, 5) is 4.48. The first-order chi connectivity index (χ1) is 12.1. The van der Waals surface area contributed by atoms with E-state index in [-0.39, 0.29) is 45.9 Å². The Morgan fingerprint density at radius 2 is 1.61 bits per heavy atom. The van der Waals surface area contributed by atoms with Gasteiger partial charge < -0.3 is 24.8 Å². The van der Waals surface area contributed by atoms with Crippen molar-refractivity contribution in [3.63, 3.8) is 0 Å². The second-order valence-corrected chi connectivity index (χ2v) is 6.89. The molecule has 0 radical (unpaired) electrons. The molecule has 28 heavy (non-hydrogen) atoms. The van der Waals surface area contributed by atoms with Crippen molar-refractivity contribution in [2.45, 2.75) is 0 Å². The molecule has 0 aliphatic rings. The number of para-hydroxylation sites is 2. The van der Waals surface area contributed by atoms with Crippen molar-refractivity contribution >= 4 is 39.3 Å². The van der Waals surface area contributed by atoms with Crippen LogP contribution in [0.5, 0.6) is 0 Å². The summed E-state index contributed by atoms with van der Waals surface area (Å²) in [6, 6.07) is 19.9. The summed E-state index contributed by atoms with van der Waals surface area (Å²) >= 11 is 0. The summed E-state index contributed by atoms with van der Waals surface area (Å²) in [6.45, 7) is 0. The summed E-state index contributed by atoms with van der Waals surface area (Å²) < 4.78 is 11.3. The van der Waals surface area contributed by atoms with Crippen LogP contribution in [0, 0.1) is 0 Å². The quantitative estimate of drug-likeness (QED) is 0.226. The van der Waals surface area contributed by atoms with Crippen LogP contribution in [0.4, 0.5) is 5.69 Å². The number of aliphatic imine (C=N–C) groups is 1. The minimum Gasteiger partial charge on any atom is -1.00 e. The van der Waals surface area contributed by atoms with Crippen molar-refractivity contribution < 1.29 is 50.1 Å². The summed E-state index contributed by atoms with van der Waals surface area (Å²) in [5.74, 6) is 0. The van der Waals surface area contributed by atoms with Crippen LogP contribution in [0.2, 0.25) is 0 Å². The maximum atomic E-state index is 9.56. The Morgan fingerprint density at radius 3 is 2.29 bits per heavy atom. The number of halogens is 2. The number of hydrogen-bond acceptors (Lipinski definition) is 5. The number of tetrazole rings is 1. The van der Waals surface area contributed by atoms with Crippen LogP contribution >= 0.6 is 0 Å². The summed E-state index contributed by atoms with van der Waals surface area (Å²) in [5, 5.41) is 13.0. The average Bonchev–Trinajstić information content (AvgIpc) is 3.10. The third-order valence-electron chi connectivity index (χ3n) is 3.31. The molecule has 0 fully saturated rings. The van der Waals surface area contributed by atoms with E-state index in [9.17, 15) is 4.21 Å². The van der Waals surface area contributed by atoms with Gasteiger partial charge in [-0.25, -0.2) is 0 Å². The van der Waals surface area contributed by atoms with Gasteiger partial charge in [0.1, 0.15) is 0 Å². The Hall–Kier alpha value is -1.66. The molecule has 6 nitrogen and oxygen atoms in total. The molecule has 4 aromatic rings. The monoisotopic (exact) mass is 616 g/mol. The van der Waals surface area contributed by atoms with E-state index in [1.807, 2.05) is 60.7 Å². The van der Waals surface area contributed by atoms with Gasteiger partial charge in [-0.05, 0) is 34.7 Å². The average molecular weight is 617 g/mol. The summed E-state index contributed by atoms with van der Waals surface area (Å²) in [7, 11) is -0.611. The van der Waals surface area contributed by atoms with Crippen LogP contribution in [0.15, 0.2) is 65.7 Å².